The van der Waals surface area contributed by atoms with Crippen molar-refractivity contribution in [2.45, 2.75) is 25.7 Å². The van der Waals surface area contributed by atoms with E-state index in [-0.39, 0.29) is 0 Å². The van der Waals surface area contributed by atoms with Gasteiger partial charge in [-0.1, -0.05) is 30.3 Å². The molecule has 20 heavy (non-hydrogen) atoms. The van der Waals surface area contributed by atoms with Crippen LogP contribution in [0.1, 0.15) is 28.2 Å². The third kappa shape index (κ3) is 1.79. The van der Waals surface area contributed by atoms with Gasteiger partial charge in [0.15, 0.2) is 0 Å². The zero-order valence-electron chi connectivity index (χ0n) is 11.8. The van der Waals surface area contributed by atoms with Crippen molar-refractivity contribution in [3.05, 3.63) is 58.7 Å². The number of fused-ring (bicyclic) bond motifs is 2. The highest BCUT2D eigenvalue weighted by molar-refractivity contribution is 5.60. The Hall–Kier alpha value is -1.96. The highest BCUT2D eigenvalue weighted by Crippen LogP contribution is 2.38. The van der Waals surface area contributed by atoms with E-state index in [4.69, 9.17) is 4.74 Å². The number of hydrogen-bond donors (Lipinski definition) is 1. The average molecular weight is 265 g/mol. The van der Waals surface area contributed by atoms with Crippen LogP contribution in [-0.4, -0.2) is 13.2 Å². The minimum atomic E-state index is 0.485. The molecule has 102 valence electrons. The summed E-state index contributed by atoms with van der Waals surface area (Å²) >= 11 is 0. The van der Waals surface area contributed by atoms with Gasteiger partial charge in [-0.05, 0) is 48.1 Å². The fraction of sp³-hybridized carbons (Fsp3) is 0.333. The second kappa shape index (κ2) is 4.55. The average Bonchev–Trinajstić information content (AvgIpc) is 2.95. The lowest BCUT2D eigenvalue weighted by atomic mass is 9.86. The first kappa shape index (κ1) is 11.8. The number of anilines is 1. The molecule has 2 aromatic carbocycles. The van der Waals surface area contributed by atoms with E-state index in [1.54, 1.807) is 0 Å². The van der Waals surface area contributed by atoms with E-state index >= 15 is 0 Å². The van der Waals surface area contributed by atoms with E-state index in [2.05, 4.69) is 48.6 Å². The molecule has 0 unspecified atom stereocenters. The molecule has 0 aromatic heterocycles. The summed E-state index contributed by atoms with van der Waals surface area (Å²) in [5.41, 5.74) is 6.89. The number of rotatable bonds is 1. The molecule has 2 heteroatoms. The van der Waals surface area contributed by atoms with Crippen LogP contribution in [0.15, 0.2) is 36.4 Å². The molecule has 0 saturated carbocycles. The largest absolute Gasteiger partial charge is 0.492 e. The maximum absolute atomic E-state index is 6.06. The van der Waals surface area contributed by atoms with Gasteiger partial charge in [-0.2, -0.15) is 0 Å². The maximum atomic E-state index is 6.06. The van der Waals surface area contributed by atoms with Gasteiger partial charge in [0.25, 0.3) is 0 Å². The third-order valence-corrected chi connectivity index (χ3v) is 4.53. The highest BCUT2D eigenvalue weighted by atomic mass is 16.5. The molecular weight excluding hydrogens is 246 g/mol. The Morgan fingerprint density at radius 3 is 3.00 bits per heavy atom. The molecule has 0 fully saturated rings. The van der Waals surface area contributed by atoms with Crippen LogP contribution in [0, 0.1) is 6.92 Å². The quantitative estimate of drug-likeness (QED) is 0.849. The van der Waals surface area contributed by atoms with Crippen LogP contribution in [0.2, 0.25) is 0 Å². The van der Waals surface area contributed by atoms with Crippen molar-refractivity contribution in [2.75, 3.05) is 18.5 Å². The van der Waals surface area contributed by atoms with E-state index in [0.29, 0.717) is 5.92 Å². The van der Waals surface area contributed by atoms with Crippen molar-refractivity contribution in [1.82, 2.24) is 0 Å². The van der Waals surface area contributed by atoms with Crippen molar-refractivity contribution in [3.63, 3.8) is 0 Å². The van der Waals surface area contributed by atoms with Gasteiger partial charge < -0.3 is 10.1 Å². The summed E-state index contributed by atoms with van der Waals surface area (Å²) in [5, 5.41) is 3.47. The molecule has 1 N–H and O–H groups in total. The SMILES string of the molecule is Cc1cccc2c1OC[C@@H](c1cccc3c1CCN3)C2. The molecule has 0 saturated heterocycles. The van der Waals surface area contributed by atoms with Gasteiger partial charge in [0, 0.05) is 18.2 Å². The fourth-order valence-electron chi connectivity index (χ4n) is 3.54. The first-order valence-electron chi connectivity index (χ1n) is 7.40. The standard InChI is InChI=1S/C18H19NO/c1-12-4-2-5-13-10-14(11-20-18(12)13)15-6-3-7-17-16(15)8-9-19-17/h2-7,14,19H,8-11H2,1H3/t14-/m0/s1. The second-order valence-electron chi connectivity index (χ2n) is 5.83. The fourth-order valence-corrected chi connectivity index (χ4v) is 3.54. The van der Waals surface area contributed by atoms with Crippen molar-refractivity contribution < 1.29 is 4.74 Å². The normalized spacial score (nSPS) is 19.8. The molecule has 0 amide bonds. The van der Waals surface area contributed by atoms with Crippen LogP contribution in [0.3, 0.4) is 0 Å². The van der Waals surface area contributed by atoms with Gasteiger partial charge in [-0.15, -0.1) is 0 Å². The Balaban J connectivity index is 1.71. The van der Waals surface area contributed by atoms with Gasteiger partial charge in [-0.25, -0.2) is 0 Å². The second-order valence-corrected chi connectivity index (χ2v) is 5.83. The molecule has 1 atom stereocenters. The molecule has 0 bridgehead atoms. The number of benzene rings is 2. The van der Waals surface area contributed by atoms with E-state index in [1.807, 2.05) is 0 Å². The molecule has 2 nitrogen and oxygen atoms in total. The summed E-state index contributed by atoms with van der Waals surface area (Å²) in [4.78, 5) is 0. The first-order valence-corrected chi connectivity index (χ1v) is 7.40. The van der Waals surface area contributed by atoms with Crippen LogP contribution >= 0.6 is 0 Å². The Bertz CT molecular complexity index is 662. The summed E-state index contributed by atoms with van der Waals surface area (Å²) in [6, 6.07) is 13.1. The van der Waals surface area contributed by atoms with Crippen LogP contribution in [0.4, 0.5) is 5.69 Å². The molecule has 4 rings (SSSR count). The van der Waals surface area contributed by atoms with Crippen molar-refractivity contribution in [3.8, 4) is 5.75 Å². The van der Waals surface area contributed by atoms with E-state index in [9.17, 15) is 0 Å². The molecule has 2 heterocycles. The predicted octanol–water partition coefficient (Wildman–Crippen LogP) is 3.68. The van der Waals surface area contributed by atoms with E-state index in [1.165, 1.54) is 27.9 Å². The zero-order chi connectivity index (χ0) is 13.5. The maximum Gasteiger partial charge on any atom is 0.125 e. The molecule has 0 aliphatic carbocycles. The van der Waals surface area contributed by atoms with E-state index in [0.717, 1.165) is 31.7 Å². The topological polar surface area (TPSA) is 21.3 Å². The molecular formula is C18H19NO. The van der Waals surface area contributed by atoms with Crippen LogP contribution in [0.5, 0.6) is 5.75 Å². The molecule has 0 spiro atoms. The smallest absolute Gasteiger partial charge is 0.125 e. The van der Waals surface area contributed by atoms with Crippen LogP contribution in [0.25, 0.3) is 0 Å². The lowest BCUT2D eigenvalue weighted by Gasteiger charge is -2.28. The van der Waals surface area contributed by atoms with Crippen molar-refractivity contribution in [1.29, 1.82) is 0 Å². The third-order valence-electron chi connectivity index (χ3n) is 4.53. The predicted molar refractivity (Wildman–Crippen MR) is 81.8 cm³/mol. The summed E-state index contributed by atoms with van der Waals surface area (Å²) in [6.07, 6.45) is 2.23. The highest BCUT2D eigenvalue weighted by Gasteiger charge is 2.26. The molecule has 2 aliphatic rings. The number of ether oxygens (including phenoxy) is 1. The number of aryl methyl sites for hydroxylation is 1. The summed E-state index contributed by atoms with van der Waals surface area (Å²) in [5.74, 6) is 1.59. The lowest BCUT2D eigenvalue weighted by molar-refractivity contribution is 0.260. The van der Waals surface area contributed by atoms with Crippen molar-refractivity contribution in [2.24, 2.45) is 0 Å². The zero-order valence-corrected chi connectivity index (χ0v) is 11.8. The summed E-state index contributed by atoms with van der Waals surface area (Å²) in [6.45, 7) is 3.99. The Kier molecular flexibility index (Phi) is 2.69. The van der Waals surface area contributed by atoms with Crippen LogP contribution in [-0.2, 0) is 12.8 Å². The number of nitrogens with one attached hydrogen (secondary N) is 1. The Morgan fingerprint density at radius 1 is 1.15 bits per heavy atom. The van der Waals surface area contributed by atoms with Gasteiger partial charge in [-0.3, -0.25) is 0 Å². The lowest BCUT2D eigenvalue weighted by Crippen LogP contribution is -2.20. The first-order chi connectivity index (χ1) is 9.83. The Morgan fingerprint density at radius 2 is 2.05 bits per heavy atom. The summed E-state index contributed by atoms with van der Waals surface area (Å²) < 4.78 is 6.06. The van der Waals surface area contributed by atoms with E-state index < -0.39 is 0 Å². The van der Waals surface area contributed by atoms with Gasteiger partial charge >= 0.3 is 0 Å². The molecule has 2 aromatic rings. The van der Waals surface area contributed by atoms with Crippen LogP contribution < -0.4 is 10.1 Å². The van der Waals surface area contributed by atoms with Gasteiger partial charge in [0.1, 0.15) is 5.75 Å². The number of para-hydroxylation sites is 1. The molecule has 0 radical (unpaired) electrons. The van der Waals surface area contributed by atoms with Gasteiger partial charge in [0.05, 0.1) is 6.61 Å². The monoisotopic (exact) mass is 265 g/mol. The molecule has 2 aliphatic heterocycles. The van der Waals surface area contributed by atoms with Crippen molar-refractivity contribution >= 4 is 5.69 Å². The minimum absolute atomic E-state index is 0.485. The summed E-state index contributed by atoms with van der Waals surface area (Å²) in [7, 11) is 0. The number of hydrogen-bond acceptors (Lipinski definition) is 2. The minimum Gasteiger partial charge on any atom is -0.492 e. The van der Waals surface area contributed by atoms with Gasteiger partial charge in [0.2, 0.25) is 0 Å². The Labute approximate surface area is 119 Å².